The number of hydrogen-bond donors (Lipinski definition) is 2. The van der Waals surface area contributed by atoms with E-state index < -0.39 is 0 Å². The second-order valence-electron chi connectivity index (χ2n) is 6.16. The van der Waals surface area contributed by atoms with E-state index in [4.69, 9.17) is 9.47 Å². The number of rotatable bonds is 7. The number of hydrogen-bond acceptors (Lipinski definition) is 4. The van der Waals surface area contributed by atoms with Crippen molar-refractivity contribution in [2.45, 2.75) is 38.3 Å². The van der Waals surface area contributed by atoms with Crippen molar-refractivity contribution in [3.05, 3.63) is 35.9 Å². The maximum absolute atomic E-state index is 11.8. The molecule has 0 unspecified atom stereocenters. The Morgan fingerprint density at radius 2 is 1.83 bits per heavy atom. The van der Waals surface area contributed by atoms with Crippen LogP contribution in [0.2, 0.25) is 0 Å². The first kappa shape index (κ1) is 18.3. The molecule has 132 valence electrons. The van der Waals surface area contributed by atoms with Gasteiger partial charge < -0.3 is 20.1 Å². The zero-order chi connectivity index (χ0) is 17.2. The average Bonchev–Trinajstić information content (AvgIpc) is 2.60. The van der Waals surface area contributed by atoms with Crippen LogP contribution >= 0.6 is 0 Å². The van der Waals surface area contributed by atoms with Gasteiger partial charge in [-0.2, -0.15) is 0 Å². The van der Waals surface area contributed by atoms with Crippen LogP contribution in [0.3, 0.4) is 0 Å². The normalized spacial score (nSPS) is 20.2. The average molecular weight is 334 g/mol. The first-order valence-corrected chi connectivity index (χ1v) is 8.40. The van der Waals surface area contributed by atoms with Crippen LogP contribution in [0.1, 0.15) is 31.2 Å². The van der Waals surface area contributed by atoms with Crippen LogP contribution in [0.4, 0.5) is 4.79 Å². The third-order valence-corrected chi connectivity index (χ3v) is 4.24. The van der Waals surface area contributed by atoms with Crippen molar-refractivity contribution in [2.75, 3.05) is 20.3 Å². The molecule has 24 heavy (non-hydrogen) atoms. The SMILES string of the molecule is COCC(=O)NCC1CCC(NC(=O)OCc2ccccc2)CC1. The summed E-state index contributed by atoms with van der Waals surface area (Å²) in [5.41, 5.74) is 0.975. The van der Waals surface area contributed by atoms with Crippen LogP contribution in [0.15, 0.2) is 30.3 Å². The summed E-state index contributed by atoms with van der Waals surface area (Å²) in [6.45, 7) is 1.06. The number of nitrogens with one attached hydrogen (secondary N) is 2. The Hall–Kier alpha value is -2.08. The number of ether oxygens (including phenoxy) is 2. The molecule has 6 heteroatoms. The second-order valence-corrected chi connectivity index (χ2v) is 6.16. The second kappa shape index (κ2) is 9.93. The van der Waals surface area contributed by atoms with Crippen molar-refractivity contribution in [1.82, 2.24) is 10.6 Å². The topological polar surface area (TPSA) is 76.7 Å². The molecule has 1 aliphatic carbocycles. The van der Waals surface area contributed by atoms with Crippen molar-refractivity contribution < 1.29 is 19.1 Å². The largest absolute Gasteiger partial charge is 0.445 e. The molecule has 0 heterocycles. The molecule has 1 aliphatic rings. The highest BCUT2D eigenvalue weighted by atomic mass is 16.5. The van der Waals surface area contributed by atoms with Crippen LogP contribution in [-0.2, 0) is 20.9 Å². The predicted molar refractivity (Wildman–Crippen MR) is 90.4 cm³/mol. The van der Waals surface area contributed by atoms with E-state index in [-0.39, 0.29) is 31.3 Å². The van der Waals surface area contributed by atoms with Crippen molar-refractivity contribution in [3.8, 4) is 0 Å². The minimum atomic E-state index is -0.365. The van der Waals surface area contributed by atoms with E-state index in [1.54, 1.807) is 0 Å². The maximum Gasteiger partial charge on any atom is 0.407 e. The van der Waals surface area contributed by atoms with E-state index in [9.17, 15) is 9.59 Å². The van der Waals surface area contributed by atoms with Crippen molar-refractivity contribution >= 4 is 12.0 Å². The van der Waals surface area contributed by atoms with Crippen LogP contribution in [0.25, 0.3) is 0 Å². The molecule has 2 amide bonds. The molecule has 2 rings (SSSR count). The lowest BCUT2D eigenvalue weighted by molar-refractivity contribution is -0.124. The van der Waals surface area contributed by atoms with Crippen LogP contribution in [0.5, 0.6) is 0 Å². The standard InChI is InChI=1S/C18H26N2O4/c1-23-13-17(21)19-11-14-7-9-16(10-8-14)20-18(22)24-12-15-5-3-2-4-6-15/h2-6,14,16H,7-13H2,1H3,(H,19,21)(H,20,22). The van der Waals surface area contributed by atoms with Gasteiger partial charge in [0.15, 0.2) is 0 Å². The minimum absolute atomic E-state index is 0.0813. The number of benzene rings is 1. The van der Waals surface area contributed by atoms with Gasteiger partial charge >= 0.3 is 6.09 Å². The Bertz CT molecular complexity index is 513. The molecular weight excluding hydrogens is 308 g/mol. The Labute approximate surface area is 142 Å². The van der Waals surface area contributed by atoms with E-state index in [0.717, 1.165) is 31.2 Å². The fourth-order valence-electron chi connectivity index (χ4n) is 2.88. The molecule has 2 N–H and O–H groups in total. The van der Waals surface area contributed by atoms with E-state index in [1.165, 1.54) is 7.11 Å². The lowest BCUT2D eigenvalue weighted by Crippen LogP contribution is -2.40. The van der Waals surface area contributed by atoms with Crippen LogP contribution < -0.4 is 10.6 Å². The van der Waals surface area contributed by atoms with Gasteiger partial charge in [0.2, 0.25) is 5.91 Å². The van der Waals surface area contributed by atoms with Gasteiger partial charge in [0.25, 0.3) is 0 Å². The Morgan fingerprint density at radius 3 is 2.50 bits per heavy atom. The summed E-state index contributed by atoms with van der Waals surface area (Å²) in [4.78, 5) is 23.2. The third-order valence-electron chi connectivity index (χ3n) is 4.24. The summed E-state index contributed by atoms with van der Waals surface area (Å²) in [6.07, 6.45) is 3.42. The van der Waals surface area contributed by atoms with Gasteiger partial charge in [-0.1, -0.05) is 30.3 Å². The van der Waals surface area contributed by atoms with Gasteiger partial charge in [0.1, 0.15) is 13.2 Å². The molecule has 1 aromatic rings. The number of methoxy groups -OCH3 is 1. The fourth-order valence-corrected chi connectivity index (χ4v) is 2.88. The lowest BCUT2D eigenvalue weighted by Gasteiger charge is -2.28. The van der Waals surface area contributed by atoms with Crippen LogP contribution in [-0.4, -0.2) is 38.3 Å². The summed E-state index contributed by atoms with van der Waals surface area (Å²) >= 11 is 0. The molecule has 0 aromatic heterocycles. The van der Waals surface area contributed by atoms with Gasteiger partial charge in [-0.3, -0.25) is 4.79 Å². The third kappa shape index (κ3) is 6.58. The van der Waals surface area contributed by atoms with E-state index in [0.29, 0.717) is 12.5 Å². The summed E-state index contributed by atoms with van der Waals surface area (Å²) in [5.74, 6) is 0.381. The van der Waals surface area contributed by atoms with E-state index in [1.807, 2.05) is 30.3 Å². The van der Waals surface area contributed by atoms with E-state index in [2.05, 4.69) is 10.6 Å². The summed E-state index contributed by atoms with van der Waals surface area (Å²) in [7, 11) is 1.51. The Morgan fingerprint density at radius 1 is 1.12 bits per heavy atom. The fraction of sp³-hybridized carbons (Fsp3) is 0.556. The summed E-state index contributed by atoms with van der Waals surface area (Å²) in [6, 6.07) is 9.78. The first-order valence-electron chi connectivity index (χ1n) is 8.40. The summed E-state index contributed by atoms with van der Waals surface area (Å²) < 4.78 is 10.0. The predicted octanol–water partition coefficient (Wildman–Crippen LogP) is 2.23. The quantitative estimate of drug-likeness (QED) is 0.802. The molecule has 0 saturated heterocycles. The minimum Gasteiger partial charge on any atom is -0.445 e. The maximum atomic E-state index is 11.8. The number of alkyl carbamates (subject to hydrolysis) is 1. The molecule has 0 radical (unpaired) electrons. The number of carbonyl (C=O) groups is 2. The molecule has 0 spiro atoms. The zero-order valence-corrected chi connectivity index (χ0v) is 14.1. The van der Waals surface area contributed by atoms with Gasteiger partial charge in [-0.25, -0.2) is 4.79 Å². The lowest BCUT2D eigenvalue weighted by atomic mass is 9.86. The monoisotopic (exact) mass is 334 g/mol. The Balaban J connectivity index is 1.60. The zero-order valence-electron chi connectivity index (χ0n) is 14.1. The summed E-state index contributed by atoms with van der Waals surface area (Å²) in [5, 5.41) is 5.80. The van der Waals surface area contributed by atoms with Crippen LogP contribution in [0, 0.1) is 5.92 Å². The van der Waals surface area contributed by atoms with Gasteiger partial charge in [-0.05, 0) is 37.2 Å². The van der Waals surface area contributed by atoms with Gasteiger partial charge in [-0.15, -0.1) is 0 Å². The first-order chi connectivity index (χ1) is 11.7. The highest BCUT2D eigenvalue weighted by molar-refractivity contribution is 5.77. The van der Waals surface area contributed by atoms with Crippen molar-refractivity contribution in [1.29, 1.82) is 0 Å². The smallest absolute Gasteiger partial charge is 0.407 e. The molecule has 1 fully saturated rings. The molecule has 0 bridgehead atoms. The molecule has 1 saturated carbocycles. The highest BCUT2D eigenvalue weighted by Gasteiger charge is 2.23. The molecule has 0 aliphatic heterocycles. The highest BCUT2D eigenvalue weighted by Crippen LogP contribution is 2.23. The molecular formula is C18H26N2O4. The molecule has 1 aromatic carbocycles. The number of amides is 2. The Kier molecular flexibility index (Phi) is 7.55. The number of carbonyl (C=O) groups excluding carboxylic acids is 2. The molecule has 0 atom stereocenters. The van der Waals surface area contributed by atoms with Gasteiger partial charge in [0, 0.05) is 19.7 Å². The van der Waals surface area contributed by atoms with Crippen molar-refractivity contribution in [2.24, 2.45) is 5.92 Å². The van der Waals surface area contributed by atoms with Crippen molar-refractivity contribution in [3.63, 3.8) is 0 Å². The van der Waals surface area contributed by atoms with Gasteiger partial charge in [0.05, 0.1) is 0 Å². The molecule has 6 nitrogen and oxygen atoms in total. The van der Waals surface area contributed by atoms with E-state index >= 15 is 0 Å².